The first-order chi connectivity index (χ1) is 26.7. The molecule has 6 rings (SSSR count). The molecule has 0 aliphatic rings. The number of aromatic nitrogens is 1. The number of hydrogen-bond acceptors (Lipinski definition) is 5. The Morgan fingerprint density at radius 2 is 1.52 bits per heavy atom. The summed E-state index contributed by atoms with van der Waals surface area (Å²) in [4.78, 5) is 31.8. The molecule has 0 radical (unpaired) electrons. The third kappa shape index (κ3) is 7.96. The molecule has 290 valence electrons. The molecule has 0 aliphatic carbocycles. The van der Waals surface area contributed by atoms with Crippen LogP contribution in [0.5, 0.6) is 5.75 Å². The quantitative estimate of drug-likeness (QED) is 0.0277. The summed E-state index contributed by atoms with van der Waals surface area (Å²) in [5, 5.41) is 7.41. The number of halogens is 4. The highest BCUT2D eigenvalue weighted by molar-refractivity contribution is 6.27. The van der Waals surface area contributed by atoms with Gasteiger partial charge in [-0.15, -0.1) is 0 Å². The minimum absolute atomic E-state index is 0.0549. The number of nitrogens with zero attached hydrogens (tertiary/aromatic N) is 2. The monoisotopic (exact) mass is 764 g/mol. The predicted octanol–water partition coefficient (Wildman–Crippen LogP) is 11.7. The molecule has 0 spiro atoms. The van der Waals surface area contributed by atoms with Crippen LogP contribution in [0.15, 0.2) is 102 Å². The second-order valence-corrected chi connectivity index (χ2v) is 14.2. The van der Waals surface area contributed by atoms with Gasteiger partial charge in [-0.05, 0) is 86.4 Å². The Bertz CT molecular complexity index is 2490. The Balaban J connectivity index is 1.64. The van der Waals surface area contributed by atoms with Crippen molar-refractivity contribution in [2.24, 2.45) is 11.1 Å². The molecule has 0 saturated heterocycles. The van der Waals surface area contributed by atoms with Crippen molar-refractivity contribution < 1.29 is 36.7 Å². The number of ether oxygens (including phenoxy) is 1. The third-order valence-corrected chi connectivity index (χ3v) is 10.0. The summed E-state index contributed by atoms with van der Waals surface area (Å²) < 4.78 is 61.7. The zero-order valence-electron chi connectivity index (χ0n) is 32.3. The molecule has 10 heteroatoms. The molecular weight excluding hydrogens is 721 g/mol. The number of rotatable bonds is 14. The lowest BCUT2D eigenvalue weighted by Gasteiger charge is -2.18. The van der Waals surface area contributed by atoms with E-state index in [0.29, 0.717) is 23.2 Å². The van der Waals surface area contributed by atoms with E-state index in [1.807, 2.05) is 75.4 Å². The van der Waals surface area contributed by atoms with Gasteiger partial charge in [0, 0.05) is 57.4 Å². The lowest BCUT2D eigenvalue weighted by atomic mass is 9.89. The maximum absolute atomic E-state index is 14.7. The van der Waals surface area contributed by atoms with E-state index in [2.05, 4.69) is 35.7 Å². The molecule has 6 nitrogen and oxygen atoms in total. The van der Waals surface area contributed by atoms with Crippen LogP contribution < -0.4 is 4.74 Å². The zero-order chi connectivity index (χ0) is 40.3. The van der Waals surface area contributed by atoms with Crippen LogP contribution in [0.3, 0.4) is 0 Å². The van der Waals surface area contributed by atoms with Crippen LogP contribution >= 0.6 is 0 Å². The van der Waals surface area contributed by atoms with Gasteiger partial charge in [0.1, 0.15) is 11.5 Å². The largest absolute Gasteiger partial charge is 0.486 e. The van der Waals surface area contributed by atoms with Gasteiger partial charge in [-0.2, -0.15) is 8.78 Å². The molecule has 0 N–H and O–H groups in total. The van der Waals surface area contributed by atoms with E-state index in [1.54, 1.807) is 12.1 Å². The first-order valence-corrected chi connectivity index (χ1v) is 18.7. The minimum atomic E-state index is -4.41. The van der Waals surface area contributed by atoms with Crippen LogP contribution in [-0.2, 0) is 16.2 Å². The van der Waals surface area contributed by atoms with Gasteiger partial charge >= 0.3 is 18.3 Å². The molecule has 0 amide bonds. The van der Waals surface area contributed by atoms with Crippen LogP contribution in [-0.4, -0.2) is 41.0 Å². The fraction of sp³-hybridized carbons (Fsp3) is 0.283. The lowest BCUT2D eigenvalue weighted by molar-refractivity contribution is -0.148. The third-order valence-electron chi connectivity index (χ3n) is 10.0. The van der Waals surface area contributed by atoms with Crippen molar-refractivity contribution in [2.45, 2.75) is 73.3 Å². The van der Waals surface area contributed by atoms with E-state index in [4.69, 9.17) is 9.57 Å². The Morgan fingerprint density at radius 3 is 2.18 bits per heavy atom. The Kier molecular flexibility index (Phi) is 11.8. The van der Waals surface area contributed by atoms with Crippen molar-refractivity contribution in [3.63, 3.8) is 0 Å². The first-order valence-electron chi connectivity index (χ1n) is 18.7. The topological polar surface area (TPSA) is 69.9 Å². The van der Waals surface area contributed by atoms with Gasteiger partial charge in [0.05, 0.1) is 5.52 Å². The summed E-state index contributed by atoms with van der Waals surface area (Å²) >= 11 is 0. The standard InChI is InChI=1S/C46H44F4N2O4/c1-7-9-14-31(8-2)25-52-39-20-19-32(42(51-56-30(6)53)35-17-12-13-18-40(35)55-26-46(49,50)45(47)48)23-36(39)37-24-38(33-15-10-11-16-34(33)43(37)52)44(54)41-28(4)21-27(3)22-29(41)5/h9-24,31,45H,7-8,25-26H2,1-6H3/b14-9-,51-42-. The Hall–Kier alpha value is -5.77. The summed E-state index contributed by atoms with van der Waals surface area (Å²) in [6.07, 6.45) is 2.24. The number of allylic oxidation sites excluding steroid dienone is 2. The fourth-order valence-electron chi connectivity index (χ4n) is 7.44. The van der Waals surface area contributed by atoms with E-state index >= 15 is 0 Å². The molecule has 6 aromatic rings. The molecule has 0 bridgehead atoms. The van der Waals surface area contributed by atoms with Gasteiger partial charge in [0.2, 0.25) is 0 Å². The Labute approximate surface area is 323 Å². The number of benzene rings is 5. The molecule has 56 heavy (non-hydrogen) atoms. The number of ketones is 1. The first kappa shape index (κ1) is 39.9. The number of para-hydroxylation sites is 1. The van der Waals surface area contributed by atoms with Crippen LogP contribution in [0.25, 0.3) is 32.6 Å². The number of oxime groups is 1. The molecule has 1 aromatic heterocycles. The van der Waals surface area contributed by atoms with Crippen LogP contribution in [0, 0.1) is 26.7 Å². The SMILES string of the molecule is CC/C=C\C(CC)Cn1c2ccc(/C(=N/OC(C)=O)c3ccccc3OCC(F)(F)C(F)F)cc2c2cc(C(=O)c3c(C)cc(C)cc3C)c3ccccc3c21. The number of carbonyl (C=O) groups is 2. The highest BCUT2D eigenvalue weighted by atomic mass is 19.3. The summed E-state index contributed by atoms with van der Waals surface area (Å²) in [6.45, 7) is 10.4. The fourth-order valence-corrected chi connectivity index (χ4v) is 7.44. The summed E-state index contributed by atoms with van der Waals surface area (Å²) in [7, 11) is 0. The second-order valence-electron chi connectivity index (χ2n) is 14.2. The second kappa shape index (κ2) is 16.5. The molecule has 1 unspecified atom stereocenters. The lowest BCUT2D eigenvalue weighted by Crippen LogP contribution is -2.34. The number of aryl methyl sites for hydroxylation is 3. The number of carbonyl (C=O) groups excluding carboxylic acids is 2. The van der Waals surface area contributed by atoms with Crippen molar-refractivity contribution in [3.8, 4) is 5.75 Å². The number of alkyl halides is 4. The van der Waals surface area contributed by atoms with Crippen molar-refractivity contribution in [2.75, 3.05) is 6.61 Å². The summed E-state index contributed by atoms with van der Waals surface area (Å²) in [5.74, 6) is -5.20. The molecule has 0 fully saturated rings. The van der Waals surface area contributed by atoms with Crippen molar-refractivity contribution in [3.05, 3.63) is 136 Å². The van der Waals surface area contributed by atoms with E-state index in [1.165, 1.54) is 25.1 Å². The summed E-state index contributed by atoms with van der Waals surface area (Å²) in [5.41, 5.74) is 6.45. The van der Waals surface area contributed by atoms with Gasteiger partial charge in [-0.3, -0.25) is 4.79 Å². The highest BCUT2D eigenvalue weighted by Gasteiger charge is 2.42. The molecule has 1 atom stereocenters. The zero-order valence-corrected chi connectivity index (χ0v) is 32.3. The van der Waals surface area contributed by atoms with Gasteiger partial charge < -0.3 is 14.1 Å². The minimum Gasteiger partial charge on any atom is -0.486 e. The average Bonchev–Trinajstić information content (AvgIpc) is 3.47. The maximum atomic E-state index is 14.7. The maximum Gasteiger partial charge on any atom is 0.340 e. The van der Waals surface area contributed by atoms with E-state index in [0.717, 1.165) is 62.1 Å². The normalized spacial score (nSPS) is 13.0. The van der Waals surface area contributed by atoms with Gasteiger partial charge in [0.15, 0.2) is 12.4 Å². The predicted molar refractivity (Wildman–Crippen MR) is 215 cm³/mol. The molecular formula is C46H44F4N2O4. The van der Waals surface area contributed by atoms with E-state index in [-0.39, 0.29) is 28.7 Å². The van der Waals surface area contributed by atoms with Crippen LogP contribution in [0.1, 0.15) is 77.4 Å². The van der Waals surface area contributed by atoms with Crippen molar-refractivity contribution in [1.29, 1.82) is 0 Å². The van der Waals surface area contributed by atoms with Gasteiger partial charge in [-0.25, -0.2) is 13.6 Å². The van der Waals surface area contributed by atoms with Gasteiger partial charge in [-0.1, -0.05) is 91.3 Å². The van der Waals surface area contributed by atoms with Crippen molar-refractivity contribution in [1.82, 2.24) is 4.57 Å². The number of hydrogen-bond donors (Lipinski definition) is 0. The molecule has 5 aromatic carbocycles. The molecule has 0 saturated carbocycles. The van der Waals surface area contributed by atoms with E-state index < -0.39 is 24.9 Å². The molecule has 0 aliphatic heterocycles. The highest BCUT2D eigenvalue weighted by Crippen LogP contribution is 2.39. The Morgan fingerprint density at radius 1 is 0.839 bits per heavy atom. The average molecular weight is 765 g/mol. The number of fused-ring (bicyclic) bond motifs is 5. The van der Waals surface area contributed by atoms with Crippen molar-refractivity contribution >= 4 is 50.0 Å². The van der Waals surface area contributed by atoms with Crippen LogP contribution in [0.4, 0.5) is 17.6 Å². The molecule has 1 heterocycles. The smallest absolute Gasteiger partial charge is 0.340 e. The van der Waals surface area contributed by atoms with E-state index in [9.17, 15) is 27.2 Å². The van der Waals surface area contributed by atoms with Gasteiger partial charge in [0.25, 0.3) is 0 Å². The summed E-state index contributed by atoms with van der Waals surface area (Å²) in [6, 6.07) is 25.4. The van der Waals surface area contributed by atoms with Crippen LogP contribution in [0.2, 0.25) is 0 Å².